The molecule has 86 valence electrons. The van der Waals surface area contributed by atoms with Gasteiger partial charge in [0.05, 0.1) is 0 Å². The van der Waals surface area contributed by atoms with Crippen LogP contribution in [0.25, 0.3) is 0 Å². The molecule has 0 radical (unpaired) electrons. The molecule has 0 spiro atoms. The number of hydrogen-bond acceptors (Lipinski definition) is 3. The van der Waals surface area contributed by atoms with E-state index >= 15 is 0 Å². The van der Waals surface area contributed by atoms with Gasteiger partial charge in [-0.05, 0) is 18.8 Å². The van der Waals surface area contributed by atoms with Gasteiger partial charge in [0.2, 0.25) is 0 Å². The van der Waals surface area contributed by atoms with Gasteiger partial charge in [-0.3, -0.25) is 4.57 Å². The lowest BCUT2D eigenvalue weighted by Gasteiger charge is -2.24. The van der Waals surface area contributed by atoms with Gasteiger partial charge in [0, 0.05) is 33.2 Å². The maximum absolute atomic E-state index is 11.6. The summed E-state index contributed by atoms with van der Waals surface area (Å²) in [6.07, 6.45) is 2.77. The first-order chi connectivity index (χ1) is 6.64. The summed E-state index contributed by atoms with van der Waals surface area (Å²) >= 11 is 0. The lowest BCUT2D eigenvalue weighted by Crippen LogP contribution is -2.18. The average molecular weight is 222 g/mol. The first-order valence-electron chi connectivity index (χ1n) is 5.34. The van der Waals surface area contributed by atoms with Gasteiger partial charge in [0.1, 0.15) is 0 Å². The van der Waals surface area contributed by atoms with Gasteiger partial charge in [-0.1, -0.05) is 13.8 Å². The second-order valence-corrected chi connectivity index (χ2v) is 6.19. The summed E-state index contributed by atoms with van der Waals surface area (Å²) in [5, 5.41) is 0. The largest absolute Gasteiger partial charge is 0.381 e. The Morgan fingerprint density at radius 1 is 1.36 bits per heavy atom. The van der Waals surface area contributed by atoms with E-state index in [-0.39, 0.29) is 0 Å². The third-order valence-corrected chi connectivity index (χ3v) is 4.27. The van der Waals surface area contributed by atoms with Crippen molar-refractivity contribution in [3.8, 4) is 0 Å². The van der Waals surface area contributed by atoms with Gasteiger partial charge in [-0.2, -0.15) is 0 Å². The highest BCUT2D eigenvalue weighted by Gasteiger charge is 2.22. The van der Waals surface area contributed by atoms with E-state index in [2.05, 4.69) is 0 Å². The third-order valence-electron chi connectivity index (χ3n) is 2.32. The zero-order chi connectivity index (χ0) is 11.0. The summed E-state index contributed by atoms with van der Waals surface area (Å²) in [5.74, 6) is 0.537. The minimum absolute atomic E-state index is 0.537. The summed E-state index contributed by atoms with van der Waals surface area (Å²) in [4.78, 5) is 0. The molecule has 14 heavy (non-hydrogen) atoms. The first kappa shape index (κ1) is 14.2. The Morgan fingerprint density at radius 3 is 2.29 bits per heavy atom. The summed E-state index contributed by atoms with van der Waals surface area (Å²) < 4.78 is 21.8. The normalized spacial score (nSPS) is 22.0. The standard InChI is InChI=1S/C8H17O3P.C2H6/c1-10-12(2,9)7-8-3-5-11-6-4-8;1-2/h8H,3-7H2,1-2H3;1-2H3. The van der Waals surface area contributed by atoms with E-state index in [0.29, 0.717) is 12.1 Å². The van der Waals surface area contributed by atoms with Gasteiger partial charge in [0.25, 0.3) is 0 Å². The fourth-order valence-corrected chi connectivity index (χ4v) is 2.92. The maximum atomic E-state index is 11.6. The topological polar surface area (TPSA) is 35.5 Å². The van der Waals surface area contributed by atoms with Gasteiger partial charge in [0.15, 0.2) is 7.37 Å². The van der Waals surface area contributed by atoms with Gasteiger partial charge >= 0.3 is 0 Å². The van der Waals surface area contributed by atoms with Crippen LogP contribution in [-0.4, -0.2) is 33.2 Å². The monoisotopic (exact) mass is 222 g/mol. The average Bonchev–Trinajstić information content (AvgIpc) is 2.22. The molecule has 4 heteroatoms. The zero-order valence-corrected chi connectivity index (χ0v) is 10.7. The molecule has 1 aliphatic heterocycles. The summed E-state index contributed by atoms with van der Waals surface area (Å²) in [5.41, 5.74) is 0. The van der Waals surface area contributed by atoms with Crippen molar-refractivity contribution in [2.75, 3.05) is 33.2 Å². The van der Waals surface area contributed by atoms with E-state index in [1.54, 1.807) is 6.66 Å². The second-order valence-electron chi connectivity index (χ2n) is 3.44. The summed E-state index contributed by atoms with van der Waals surface area (Å²) in [7, 11) is -0.770. The molecule has 1 heterocycles. The van der Waals surface area contributed by atoms with E-state index in [1.165, 1.54) is 7.11 Å². The smallest absolute Gasteiger partial charge is 0.200 e. The fraction of sp³-hybridized carbons (Fsp3) is 1.00. The van der Waals surface area contributed by atoms with Gasteiger partial charge in [-0.15, -0.1) is 0 Å². The molecule has 1 atom stereocenters. The lowest BCUT2D eigenvalue weighted by atomic mass is 10.0. The molecule has 0 aromatic carbocycles. The SMILES string of the molecule is CC.COP(C)(=O)CC1CCOCC1. The molecule has 0 aliphatic carbocycles. The van der Waals surface area contributed by atoms with Crippen LogP contribution in [0, 0.1) is 5.92 Å². The maximum Gasteiger partial charge on any atom is 0.200 e. The molecule has 1 aliphatic rings. The van der Waals surface area contributed by atoms with Gasteiger partial charge < -0.3 is 9.26 Å². The van der Waals surface area contributed by atoms with Crippen LogP contribution in [-0.2, 0) is 13.8 Å². The van der Waals surface area contributed by atoms with Gasteiger partial charge in [-0.25, -0.2) is 0 Å². The van der Waals surface area contributed by atoms with Crippen LogP contribution in [0.3, 0.4) is 0 Å². The summed E-state index contributed by atoms with van der Waals surface area (Å²) in [6, 6.07) is 0. The highest BCUT2D eigenvalue weighted by molar-refractivity contribution is 7.58. The van der Waals surface area contributed by atoms with Crippen LogP contribution in [0.2, 0.25) is 0 Å². The van der Waals surface area contributed by atoms with Crippen LogP contribution in [0.5, 0.6) is 0 Å². The Hall–Kier alpha value is 0.150. The highest BCUT2D eigenvalue weighted by atomic mass is 31.2. The number of ether oxygens (including phenoxy) is 1. The van der Waals surface area contributed by atoms with Crippen molar-refractivity contribution in [1.82, 2.24) is 0 Å². The molecule has 0 N–H and O–H groups in total. The van der Waals surface area contributed by atoms with Crippen LogP contribution in [0.15, 0.2) is 0 Å². The molecule has 0 amide bonds. The molecule has 0 saturated carbocycles. The molecule has 3 nitrogen and oxygen atoms in total. The lowest BCUT2D eigenvalue weighted by molar-refractivity contribution is 0.0717. The minimum Gasteiger partial charge on any atom is -0.381 e. The second kappa shape index (κ2) is 7.44. The molecule has 1 saturated heterocycles. The van der Waals surface area contributed by atoms with Crippen LogP contribution in [0.1, 0.15) is 26.7 Å². The van der Waals surface area contributed by atoms with Crippen molar-refractivity contribution in [1.29, 1.82) is 0 Å². The fourth-order valence-electron chi connectivity index (χ4n) is 1.47. The molecule has 1 fully saturated rings. The van der Waals surface area contributed by atoms with E-state index in [0.717, 1.165) is 26.1 Å². The Bertz CT molecular complexity index is 176. The highest BCUT2D eigenvalue weighted by Crippen LogP contribution is 2.44. The molecule has 1 rings (SSSR count). The van der Waals surface area contributed by atoms with E-state index in [9.17, 15) is 4.57 Å². The van der Waals surface area contributed by atoms with Crippen LogP contribution < -0.4 is 0 Å². The zero-order valence-electron chi connectivity index (χ0n) is 9.78. The number of rotatable bonds is 3. The predicted octanol–water partition coefficient (Wildman–Crippen LogP) is 2.99. The van der Waals surface area contributed by atoms with Crippen LogP contribution in [0.4, 0.5) is 0 Å². The van der Waals surface area contributed by atoms with Crippen molar-refractivity contribution in [3.05, 3.63) is 0 Å². The summed E-state index contributed by atoms with van der Waals surface area (Å²) in [6.45, 7) is 7.34. The van der Waals surface area contributed by atoms with Crippen molar-refractivity contribution in [2.45, 2.75) is 26.7 Å². The Morgan fingerprint density at radius 2 is 1.86 bits per heavy atom. The first-order valence-corrected chi connectivity index (χ1v) is 7.60. The van der Waals surface area contributed by atoms with E-state index in [4.69, 9.17) is 9.26 Å². The van der Waals surface area contributed by atoms with Crippen molar-refractivity contribution in [3.63, 3.8) is 0 Å². The minimum atomic E-state index is -2.30. The Kier molecular flexibility index (Phi) is 7.52. The Balaban J connectivity index is 0.000000791. The molecule has 0 aromatic rings. The third kappa shape index (κ3) is 5.79. The quantitative estimate of drug-likeness (QED) is 0.688. The van der Waals surface area contributed by atoms with Crippen molar-refractivity contribution in [2.24, 2.45) is 5.92 Å². The van der Waals surface area contributed by atoms with E-state index < -0.39 is 7.37 Å². The van der Waals surface area contributed by atoms with Crippen molar-refractivity contribution >= 4 is 7.37 Å². The molecular weight excluding hydrogens is 199 g/mol. The molecule has 0 bridgehead atoms. The molecule has 1 unspecified atom stereocenters. The molecule has 0 aromatic heterocycles. The molecular formula is C10H23O3P. The Labute approximate surface area is 87.6 Å². The predicted molar refractivity (Wildman–Crippen MR) is 60.3 cm³/mol. The van der Waals surface area contributed by atoms with Crippen molar-refractivity contribution < 1.29 is 13.8 Å². The van der Waals surface area contributed by atoms with E-state index in [1.807, 2.05) is 13.8 Å². The number of hydrogen-bond donors (Lipinski definition) is 0. The van der Waals surface area contributed by atoms with Crippen LogP contribution >= 0.6 is 7.37 Å².